The number of ether oxygens (including phenoxy) is 1. The van der Waals surface area contributed by atoms with Gasteiger partial charge in [0.2, 0.25) is 0 Å². The fourth-order valence-corrected chi connectivity index (χ4v) is 2.65. The Morgan fingerprint density at radius 1 is 1.24 bits per heavy atom. The Labute approximate surface area is 102 Å². The number of esters is 1. The highest BCUT2D eigenvalue weighted by atomic mass is 16.5. The zero-order valence-corrected chi connectivity index (χ0v) is 10.6. The number of benzene rings is 1. The first-order chi connectivity index (χ1) is 8.15. The molecule has 0 bridgehead atoms. The fourth-order valence-electron chi connectivity index (χ4n) is 2.65. The van der Waals surface area contributed by atoms with E-state index in [1.54, 1.807) is 0 Å². The van der Waals surface area contributed by atoms with Crippen molar-refractivity contribution in [3.8, 4) is 0 Å². The van der Waals surface area contributed by atoms with Crippen molar-refractivity contribution < 1.29 is 9.53 Å². The van der Waals surface area contributed by atoms with Crippen LogP contribution in [0.5, 0.6) is 0 Å². The van der Waals surface area contributed by atoms with Crippen LogP contribution in [0.4, 0.5) is 5.69 Å². The van der Waals surface area contributed by atoms with E-state index in [0.29, 0.717) is 17.6 Å². The minimum absolute atomic E-state index is 0.257. The molecule has 3 heteroatoms. The summed E-state index contributed by atoms with van der Waals surface area (Å²) < 4.78 is 4.84. The summed E-state index contributed by atoms with van der Waals surface area (Å²) in [5.74, 6) is -0.257. The lowest BCUT2D eigenvalue weighted by molar-refractivity contribution is 0.0601. The first-order valence-corrected chi connectivity index (χ1v) is 6.11. The lowest BCUT2D eigenvalue weighted by Gasteiger charge is -2.30. The molecule has 1 fully saturated rings. The van der Waals surface area contributed by atoms with Gasteiger partial charge in [0.1, 0.15) is 0 Å². The second-order valence-electron chi connectivity index (χ2n) is 4.69. The highest BCUT2D eigenvalue weighted by Crippen LogP contribution is 2.32. The summed E-state index contributed by atoms with van der Waals surface area (Å²) in [6, 6.07) is 8.65. The predicted octanol–water partition coefficient (Wildman–Crippen LogP) is 2.85. The Bertz CT molecular complexity index is 406. The minimum atomic E-state index is -0.257. The second-order valence-corrected chi connectivity index (χ2v) is 4.69. The van der Waals surface area contributed by atoms with Crippen molar-refractivity contribution in [2.75, 3.05) is 12.0 Å². The Morgan fingerprint density at radius 2 is 1.82 bits per heavy atom. The Balaban J connectivity index is 2.41. The molecule has 1 aliphatic rings. The Morgan fingerprint density at radius 3 is 2.41 bits per heavy atom. The van der Waals surface area contributed by atoms with Gasteiger partial charge in [-0.1, -0.05) is 12.1 Å². The van der Waals surface area contributed by atoms with Crippen molar-refractivity contribution in [2.24, 2.45) is 0 Å². The van der Waals surface area contributed by atoms with Crippen molar-refractivity contribution in [1.82, 2.24) is 0 Å². The molecule has 17 heavy (non-hydrogen) atoms. The molecule has 1 aromatic rings. The number of methoxy groups -OCH3 is 1. The van der Waals surface area contributed by atoms with Crippen molar-refractivity contribution in [1.29, 1.82) is 0 Å². The van der Waals surface area contributed by atoms with Gasteiger partial charge in [0.25, 0.3) is 0 Å². The van der Waals surface area contributed by atoms with Crippen molar-refractivity contribution in [3.05, 3.63) is 29.8 Å². The average Bonchev–Trinajstić information content (AvgIpc) is 2.68. The summed E-state index contributed by atoms with van der Waals surface area (Å²) in [5, 5.41) is 0. The van der Waals surface area contributed by atoms with Crippen LogP contribution in [0.25, 0.3) is 0 Å². The monoisotopic (exact) mass is 233 g/mol. The van der Waals surface area contributed by atoms with Crippen LogP contribution in [0.1, 0.15) is 37.0 Å². The van der Waals surface area contributed by atoms with E-state index in [9.17, 15) is 4.79 Å². The molecule has 1 heterocycles. The van der Waals surface area contributed by atoms with Crippen LogP contribution in [0.3, 0.4) is 0 Å². The first-order valence-electron chi connectivity index (χ1n) is 6.11. The van der Waals surface area contributed by atoms with E-state index in [2.05, 4.69) is 18.7 Å². The minimum Gasteiger partial charge on any atom is -0.465 e. The summed E-state index contributed by atoms with van der Waals surface area (Å²) in [4.78, 5) is 14.1. The van der Waals surface area contributed by atoms with Gasteiger partial charge in [0.15, 0.2) is 0 Å². The van der Waals surface area contributed by atoms with Crippen LogP contribution >= 0.6 is 0 Å². The van der Waals surface area contributed by atoms with Gasteiger partial charge >= 0.3 is 5.97 Å². The Hall–Kier alpha value is -1.51. The molecule has 1 aliphatic heterocycles. The van der Waals surface area contributed by atoms with Gasteiger partial charge < -0.3 is 9.64 Å². The molecule has 2 unspecified atom stereocenters. The number of carbonyl (C=O) groups excluding carboxylic acids is 1. The molecular formula is C14H19NO2. The maximum absolute atomic E-state index is 11.8. The van der Waals surface area contributed by atoms with Crippen LogP contribution in [0.2, 0.25) is 0 Å². The molecule has 0 radical (unpaired) electrons. The normalized spacial score (nSPS) is 23.8. The third kappa shape index (κ3) is 2.14. The van der Waals surface area contributed by atoms with Crippen LogP contribution in [0, 0.1) is 0 Å². The molecule has 0 aromatic heterocycles. The number of para-hydroxylation sites is 1. The second kappa shape index (κ2) is 4.78. The lowest BCUT2D eigenvalue weighted by Crippen LogP contribution is -2.33. The van der Waals surface area contributed by atoms with Gasteiger partial charge in [0.05, 0.1) is 18.4 Å². The summed E-state index contributed by atoms with van der Waals surface area (Å²) in [6.45, 7) is 4.41. The SMILES string of the molecule is COC(=O)c1ccccc1N1C(C)CCC1C. The van der Waals surface area contributed by atoms with E-state index >= 15 is 0 Å². The number of anilines is 1. The molecule has 0 spiro atoms. The third-order valence-electron chi connectivity index (χ3n) is 3.54. The van der Waals surface area contributed by atoms with E-state index in [-0.39, 0.29) is 5.97 Å². The highest BCUT2D eigenvalue weighted by molar-refractivity contribution is 5.96. The number of nitrogens with zero attached hydrogens (tertiary/aromatic N) is 1. The van der Waals surface area contributed by atoms with E-state index in [0.717, 1.165) is 5.69 Å². The van der Waals surface area contributed by atoms with Crippen LogP contribution in [0.15, 0.2) is 24.3 Å². The zero-order chi connectivity index (χ0) is 12.4. The molecule has 2 atom stereocenters. The van der Waals surface area contributed by atoms with Crippen molar-refractivity contribution in [2.45, 2.75) is 38.8 Å². The van der Waals surface area contributed by atoms with E-state index < -0.39 is 0 Å². The predicted molar refractivity (Wildman–Crippen MR) is 68.4 cm³/mol. The zero-order valence-electron chi connectivity index (χ0n) is 10.6. The first kappa shape index (κ1) is 12.0. The third-order valence-corrected chi connectivity index (χ3v) is 3.54. The highest BCUT2D eigenvalue weighted by Gasteiger charge is 2.30. The molecule has 92 valence electrons. The molecule has 3 nitrogen and oxygen atoms in total. The van der Waals surface area contributed by atoms with E-state index in [1.807, 2.05) is 24.3 Å². The molecule has 1 saturated heterocycles. The fraction of sp³-hybridized carbons (Fsp3) is 0.500. The number of rotatable bonds is 2. The number of hydrogen-bond donors (Lipinski definition) is 0. The van der Waals surface area contributed by atoms with Gasteiger partial charge in [-0.2, -0.15) is 0 Å². The summed E-state index contributed by atoms with van der Waals surface area (Å²) in [6.07, 6.45) is 2.35. The van der Waals surface area contributed by atoms with Crippen molar-refractivity contribution >= 4 is 11.7 Å². The standard InChI is InChI=1S/C14H19NO2/c1-10-8-9-11(2)15(10)13-7-5-4-6-12(13)14(16)17-3/h4-7,10-11H,8-9H2,1-3H3. The van der Waals surface area contributed by atoms with Crippen molar-refractivity contribution in [3.63, 3.8) is 0 Å². The van der Waals surface area contributed by atoms with E-state index in [1.165, 1.54) is 20.0 Å². The molecule has 0 N–H and O–H groups in total. The number of hydrogen-bond acceptors (Lipinski definition) is 3. The maximum atomic E-state index is 11.8. The van der Waals surface area contributed by atoms with Gasteiger partial charge in [-0.05, 0) is 38.8 Å². The topological polar surface area (TPSA) is 29.5 Å². The molecule has 0 amide bonds. The molecular weight excluding hydrogens is 214 g/mol. The van der Waals surface area contributed by atoms with Crippen LogP contribution in [-0.2, 0) is 4.74 Å². The Kier molecular flexibility index (Phi) is 3.36. The smallest absolute Gasteiger partial charge is 0.339 e. The summed E-state index contributed by atoms with van der Waals surface area (Å²) in [7, 11) is 1.43. The lowest BCUT2D eigenvalue weighted by atomic mass is 10.1. The van der Waals surface area contributed by atoms with E-state index in [4.69, 9.17) is 4.74 Å². The summed E-state index contributed by atoms with van der Waals surface area (Å²) in [5.41, 5.74) is 1.66. The van der Waals surface area contributed by atoms with Crippen LogP contribution < -0.4 is 4.90 Å². The summed E-state index contributed by atoms with van der Waals surface area (Å²) >= 11 is 0. The largest absolute Gasteiger partial charge is 0.465 e. The van der Waals surface area contributed by atoms with Gasteiger partial charge in [0, 0.05) is 12.1 Å². The average molecular weight is 233 g/mol. The quantitative estimate of drug-likeness (QED) is 0.736. The molecule has 1 aromatic carbocycles. The molecule has 2 rings (SSSR count). The van der Waals surface area contributed by atoms with Crippen LogP contribution in [-0.4, -0.2) is 25.2 Å². The van der Waals surface area contributed by atoms with Gasteiger partial charge in [-0.15, -0.1) is 0 Å². The molecule has 0 saturated carbocycles. The van der Waals surface area contributed by atoms with Gasteiger partial charge in [-0.25, -0.2) is 4.79 Å². The van der Waals surface area contributed by atoms with Gasteiger partial charge in [-0.3, -0.25) is 0 Å². The number of carbonyl (C=O) groups is 1. The molecule has 0 aliphatic carbocycles. The maximum Gasteiger partial charge on any atom is 0.339 e.